The molecule has 7 rings (SSSR count). The zero-order valence-electron chi connectivity index (χ0n) is 26.9. The minimum Gasteiger partial charge on any atom is -0.444 e. The maximum absolute atomic E-state index is 15.8. The number of piperidine rings is 1. The Kier molecular flexibility index (Phi) is 7.53. The maximum atomic E-state index is 15.8. The molecular weight excluding hydrogens is 605 g/mol. The summed E-state index contributed by atoms with van der Waals surface area (Å²) in [6.45, 7) is 5.72. The van der Waals surface area contributed by atoms with Crippen molar-refractivity contribution >= 4 is 44.3 Å². The third-order valence-electron chi connectivity index (χ3n) is 8.88. The molecule has 1 amide bonds. The molecule has 12 heteroatoms. The zero-order chi connectivity index (χ0) is 32.4. The molecule has 0 spiro atoms. The van der Waals surface area contributed by atoms with Crippen LogP contribution in [0.5, 0.6) is 0 Å². The molecule has 242 valence electrons. The molecule has 4 aromatic rings. The number of aromatic nitrogens is 4. The minimum absolute atomic E-state index is 0.0772. The average molecular weight is 646 g/mol. The Labute approximate surface area is 269 Å². The molecule has 2 bridgehead atoms. The molecule has 1 N–H and O–H groups in total. The number of fused-ring (bicyclic) bond motifs is 3. The molecule has 2 aliphatic heterocycles. The van der Waals surface area contributed by atoms with Gasteiger partial charge in [-0.15, -0.1) is 0 Å². The summed E-state index contributed by atoms with van der Waals surface area (Å²) in [6, 6.07) is 13.9. The van der Waals surface area contributed by atoms with Crippen molar-refractivity contribution in [1.29, 1.82) is 0 Å². The van der Waals surface area contributed by atoms with Gasteiger partial charge in [0.25, 0.3) is 0 Å². The predicted octanol–water partition coefficient (Wildman–Crippen LogP) is 7.58. The SMILES string of the molecule is CC(C)(C)OC(=O)N1C2CCC1CC(c1ccc(Nc3ncc4c(F)c(C5CC5)n(-c5cccc(N=S(C)(C)=O)n5)c4n3)cc1)C2. The van der Waals surface area contributed by atoms with Gasteiger partial charge in [0.05, 0.1) is 11.1 Å². The first-order valence-electron chi connectivity index (χ1n) is 15.9. The van der Waals surface area contributed by atoms with Gasteiger partial charge in [-0.2, -0.15) is 9.35 Å². The van der Waals surface area contributed by atoms with Crippen LogP contribution >= 0.6 is 0 Å². The van der Waals surface area contributed by atoms with Gasteiger partial charge >= 0.3 is 6.09 Å². The summed E-state index contributed by atoms with van der Waals surface area (Å²) in [5.74, 6) is 1.26. The fourth-order valence-electron chi connectivity index (χ4n) is 6.90. The summed E-state index contributed by atoms with van der Waals surface area (Å²) in [6.07, 6.45) is 10.1. The van der Waals surface area contributed by atoms with Gasteiger partial charge in [-0.05, 0) is 95.0 Å². The van der Waals surface area contributed by atoms with E-state index in [1.54, 1.807) is 35.3 Å². The molecule has 2 saturated heterocycles. The molecule has 0 radical (unpaired) electrons. The van der Waals surface area contributed by atoms with E-state index in [-0.39, 0.29) is 29.9 Å². The highest BCUT2D eigenvalue weighted by molar-refractivity contribution is 7.92. The first kappa shape index (κ1) is 30.6. The van der Waals surface area contributed by atoms with Crippen molar-refractivity contribution in [2.75, 3.05) is 17.8 Å². The van der Waals surface area contributed by atoms with Crippen LogP contribution in [0, 0.1) is 5.82 Å². The van der Waals surface area contributed by atoms with E-state index in [1.165, 1.54) is 11.8 Å². The predicted molar refractivity (Wildman–Crippen MR) is 177 cm³/mol. The van der Waals surface area contributed by atoms with Crippen molar-refractivity contribution in [1.82, 2.24) is 24.4 Å². The lowest BCUT2D eigenvalue weighted by Gasteiger charge is -2.39. The molecule has 3 fully saturated rings. The number of ether oxygens (including phenoxy) is 1. The molecule has 2 atom stereocenters. The number of carbonyl (C=O) groups is 1. The van der Waals surface area contributed by atoms with E-state index in [4.69, 9.17) is 9.72 Å². The normalized spacial score (nSPS) is 21.4. The second kappa shape index (κ2) is 11.3. The Hall–Kier alpha value is -4.06. The molecule has 1 aromatic carbocycles. The molecular formula is C34H40FN7O3S. The van der Waals surface area contributed by atoms with Crippen LogP contribution in [0.4, 0.5) is 26.6 Å². The molecule has 1 aliphatic carbocycles. The summed E-state index contributed by atoms with van der Waals surface area (Å²) in [5, 5.41) is 3.62. The lowest BCUT2D eigenvalue weighted by Crippen LogP contribution is -2.48. The van der Waals surface area contributed by atoms with E-state index < -0.39 is 15.3 Å². The number of anilines is 2. The highest BCUT2D eigenvalue weighted by Gasteiger charge is 2.45. The van der Waals surface area contributed by atoms with Crippen LogP contribution in [0.2, 0.25) is 0 Å². The fourth-order valence-corrected chi connectivity index (χ4v) is 7.45. The van der Waals surface area contributed by atoms with Crippen molar-refractivity contribution in [3.63, 3.8) is 0 Å². The minimum atomic E-state index is -2.42. The Balaban J connectivity index is 1.13. The van der Waals surface area contributed by atoms with E-state index in [0.29, 0.717) is 40.2 Å². The Bertz CT molecular complexity index is 1920. The van der Waals surface area contributed by atoms with Gasteiger partial charge in [-0.1, -0.05) is 18.2 Å². The van der Waals surface area contributed by atoms with Crippen LogP contribution in [0.1, 0.15) is 82.4 Å². The van der Waals surface area contributed by atoms with E-state index in [0.717, 1.165) is 44.2 Å². The second-order valence-corrected chi connectivity index (χ2v) is 16.6. The molecule has 3 aliphatic rings. The van der Waals surface area contributed by atoms with Crippen LogP contribution in [0.15, 0.2) is 53.0 Å². The number of hydrogen-bond donors (Lipinski definition) is 1. The topological polar surface area (TPSA) is 115 Å². The Morgan fingerprint density at radius 1 is 1.00 bits per heavy atom. The number of hydrogen-bond acceptors (Lipinski definition) is 8. The Morgan fingerprint density at radius 2 is 1.70 bits per heavy atom. The standard InChI is InChI=1S/C34H40FN7O3S/c1-34(2,3)45-33(43)41-24-15-16-25(41)18-22(17-24)20-11-13-23(14-12-20)37-32-36-19-26-29(35)30(21-9-10-21)42(31(26)39-32)28-8-6-7-27(38-28)40-46(4,5)44/h6-8,11-14,19,21-22,24-25H,9-10,15-18H2,1-5H3,(H,36,37,39). The van der Waals surface area contributed by atoms with Crippen LogP contribution in [0.25, 0.3) is 16.9 Å². The lowest BCUT2D eigenvalue weighted by atomic mass is 9.85. The number of benzene rings is 1. The third-order valence-corrected chi connectivity index (χ3v) is 9.51. The first-order valence-corrected chi connectivity index (χ1v) is 18.3. The van der Waals surface area contributed by atoms with Gasteiger partial charge in [0.15, 0.2) is 17.3 Å². The molecule has 10 nitrogen and oxygen atoms in total. The van der Waals surface area contributed by atoms with E-state index >= 15 is 4.39 Å². The van der Waals surface area contributed by atoms with E-state index in [1.807, 2.05) is 37.8 Å². The molecule has 5 heterocycles. The summed E-state index contributed by atoms with van der Waals surface area (Å²) < 4.78 is 39.8. The number of rotatable bonds is 6. The molecule has 3 aromatic heterocycles. The quantitative estimate of drug-likeness (QED) is 0.230. The van der Waals surface area contributed by atoms with Crippen LogP contribution < -0.4 is 5.32 Å². The van der Waals surface area contributed by atoms with Gasteiger partial charge < -0.3 is 15.0 Å². The van der Waals surface area contributed by atoms with Crippen molar-refractivity contribution < 1.29 is 18.1 Å². The zero-order valence-corrected chi connectivity index (χ0v) is 27.7. The number of nitrogens with one attached hydrogen (secondary N) is 1. The molecule has 2 unspecified atom stereocenters. The number of pyridine rings is 1. The van der Waals surface area contributed by atoms with Gasteiger partial charge in [0, 0.05) is 52.1 Å². The number of halogens is 1. The summed E-state index contributed by atoms with van der Waals surface area (Å²) >= 11 is 0. The van der Waals surface area contributed by atoms with Gasteiger partial charge in [0.1, 0.15) is 11.4 Å². The van der Waals surface area contributed by atoms with Crippen LogP contribution in [-0.4, -0.2) is 64.9 Å². The largest absolute Gasteiger partial charge is 0.444 e. The molecule has 46 heavy (non-hydrogen) atoms. The first-order chi connectivity index (χ1) is 21.8. The number of amides is 1. The second-order valence-electron chi connectivity index (χ2n) is 14.1. The van der Waals surface area contributed by atoms with E-state index in [9.17, 15) is 9.00 Å². The van der Waals surface area contributed by atoms with Gasteiger partial charge in [-0.3, -0.25) is 4.57 Å². The maximum Gasteiger partial charge on any atom is 0.410 e. The number of nitrogens with zero attached hydrogens (tertiary/aromatic N) is 6. The monoisotopic (exact) mass is 645 g/mol. The van der Waals surface area contributed by atoms with E-state index in [2.05, 4.69) is 31.8 Å². The molecule has 1 saturated carbocycles. The Morgan fingerprint density at radius 3 is 2.33 bits per heavy atom. The summed E-state index contributed by atoms with van der Waals surface area (Å²) in [4.78, 5) is 28.7. The smallest absolute Gasteiger partial charge is 0.410 e. The van der Waals surface area contributed by atoms with Crippen molar-refractivity contribution in [2.45, 2.75) is 88.8 Å². The summed E-state index contributed by atoms with van der Waals surface area (Å²) in [7, 11) is -2.42. The highest BCUT2D eigenvalue weighted by atomic mass is 32.2. The van der Waals surface area contributed by atoms with Crippen LogP contribution in [-0.2, 0) is 14.5 Å². The van der Waals surface area contributed by atoms with Gasteiger partial charge in [0.2, 0.25) is 5.95 Å². The van der Waals surface area contributed by atoms with Crippen molar-refractivity contribution in [3.8, 4) is 5.82 Å². The lowest BCUT2D eigenvalue weighted by molar-refractivity contribution is 0.00584. The average Bonchev–Trinajstić information content (AvgIpc) is 3.72. The summed E-state index contributed by atoms with van der Waals surface area (Å²) in [5.41, 5.74) is 2.51. The van der Waals surface area contributed by atoms with Gasteiger partial charge in [-0.25, -0.2) is 23.4 Å². The highest BCUT2D eigenvalue weighted by Crippen LogP contribution is 2.46. The van der Waals surface area contributed by atoms with Crippen LogP contribution in [0.3, 0.4) is 0 Å². The third kappa shape index (κ3) is 6.19. The van der Waals surface area contributed by atoms with Crippen molar-refractivity contribution in [3.05, 3.63) is 65.7 Å². The number of carbonyl (C=O) groups excluding carboxylic acids is 1. The fraction of sp³-hybridized carbons (Fsp3) is 0.471. The van der Waals surface area contributed by atoms with Crippen molar-refractivity contribution in [2.24, 2.45) is 4.36 Å².